The fourth-order valence-electron chi connectivity index (χ4n) is 2.06. The number of anilines is 1. The topological polar surface area (TPSA) is 66.9 Å². The molecule has 1 aromatic heterocycles. The molecule has 0 atom stereocenters. The van der Waals surface area contributed by atoms with Gasteiger partial charge in [0.25, 0.3) is 5.91 Å². The first-order valence-corrected chi connectivity index (χ1v) is 7.14. The monoisotopic (exact) mass is 282 g/mol. The maximum absolute atomic E-state index is 12.0. The standard InChI is InChI=1S/C16H18N4O/c1-11-17-8-7-15(19-11)10-18-14-4-2-3-12(9-14)16(21)20-13-5-6-13/h2-4,7-9,13,18H,5-6,10H2,1H3,(H,20,21). The molecule has 3 rings (SSSR count). The largest absolute Gasteiger partial charge is 0.379 e. The molecule has 1 aromatic carbocycles. The van der Waals surface area contributed by atoms with Crippen LogP contribution in [0.25, 0.3) is 0 Å². The van der Waals surface area contributed by atoms with Crippen LogP contribution >= 0.6 is 0 Å². The number of hydrogen-bond acceptors (Lipinski definition) is 4. The van der Waals surface area contributed by atoms with Gasteiger partial charge in [0.15, 0.2) is 0 Å². The minimum atomic E-state index is -0.000898. The molecule has 108 valence electrons. The summed E-state index contributed by atoms with van der Waals surface area (Å²) in [6, 6.07) is 9.78. The number of aryl methyl sites for hydroxylation is 1. The van der Waals surface area contributed by atoms with Crippen LogP contribution in [0.1, 0.15) is 34.7 Å². The molecule has 0 bridgehead atoms. The highest BCUT2D eigenvalue weighted by atomic mass is 16.1. The second-order valence-electron chi connectivity index (χ2n) is 5.28. The van der Waals surface area contributed by atoms with E-state index in [1.807, 2.05) is 37.3 Å². The average Bonchev–Trinajstić information content (AvgIpc) is 3.29. The first-order valence-electron chi connectivity index (χ1n) is 7.14. The van der Waals surface area contributed by atoms with Gasteiger partial charge in [-0.2, -0.15) is 0 Å². The van der Waals surface area contributed by atoms with E-state index in [-0.39, 0.29) is 5.91 Å². The van der Waals surface area contributed by atoms with Gasteiger partial charge in [-0.05, 0) is 44.0 Å². The van der Waals surface area contributed by atoms with Crippen molar-refractivity contribution in [3.05, 3.63) is 53.6 Å². The Morgan fingerprint density at radius 2 is 2.19 bits per heavy atom. The molecule has 0 aliphatic heterocycles. The Morgan fingerprint density at radius 1 is 1.33 bits per heavy atom. The smallest absolute Gasteiger partial charge is 0.251 e. The van der Waals surface area contributed by atoms with E-state index in [1.54, 1.807) is 6.20 Å². The zero-order chi connectivity index (χ0) is 14.7. The molecule has 5 nitrogen and oxygen atoms in total. The van der Waals surface area contributed by atoms with Crippen molar-refractivity contribution < 1.29 is 4.79 Å². The van der Waals surface area contributed by atoms with Gasteiger partial charge in [0.2, 0.25) is 0 Å². The van der Waals surface area contributed by atoms with E-state index in [0.29, 0.717) is 18.2 Å². The minimum Gasteiger partial charge on any atom is -0.379 e. The molecule has 1 aliphatic carbocycles. The zero-order valence-corrected chi connectivity index (χ0v) is 12.0. The fraction of sp³-hybridized carbons (Fsp3) is 0.312. The molecule has 0 spiro atoms. The first kappa shape index (κ1) is 13.5. The molecule has 1 amide bonds. The number of aromatic nitrogens is 2. The number of amides is 1. The Hall–Kier alpha value is -2.43. The van der Waals surface area contributed by atoms with Crippen LogP contribution in [-0.2, 0) is 6.54 Å². The molecule has 0 unspecified atom stereocenters. The van der Waals surface area contributed by atoms with Gasteiger partial charge < -0.3 is 10.6 Å². The fourth-order valence-corrected chi connectivity index (χ4v) is 2.06. The van der Waals surface area contributed by atoms with E-state index in [9.17, 15) is 4.79 Å². The van der Waals surface area contributed by atoms with Crippen molar-refractivity contribution in [2.24, 2.45) is 0 Å². The van der Waals surface area contributed by atoms with E-state index in [4.69, 9.17) is 0 Å². The van der Waals surface area contributed by atoms with Crippen molar-refractivity contribution in [2.45, 2.75) is 32.4 Å². The van der Waals surface area contributed by atoms with Crippen LogP contribution in [0, 0.1) is 6.92 Å². The highest BCUT2D eigenvalue weighted by molar-refractivity contribution is 5.95. The summed E-state index contributed by atoms with van der Waals surface area (Å²) in [6.07, 6.45) is 3.94. The highest BCUT2D eigenvalue weighted by Crippen LogP contribution is 2.20. The molecule has 5 heteroatoms. The molecular weight excluding hydrogens is 264 g/mol. The number of carbonyl (C=O) groups excluding carboxylic acids is 1. The van der Waals surface area contributed by atoms with Crippen LogP contribution in [0.3, 0.4) is 0 Å². The lowest BCUT2D eigenvalue weighted by molar-refractivity contribution is 0.0951. The lowest BCUT2D eigenvalue weighted by Crippen LogP contribution is -2.25. The number of benzene rings is 1. The van der Waals surface area contributed by atoms with Crippen LogP contribution in [-0.4, -0.2) is 21.9 Å². The van der Waals surface area contributed by atoms with E-state index in [2.05, 4.69) is 20.6 Å². The number of nitrogens with zero attached hydrogens (tertiary/aromatic N) is 2. The molecular formula is C16H18N4O. The lowest BCUT2D eigenvalue weighted by atomic mass is 10.2. The first-order chi connectivity index (χ1) is 10.2. The van der Waals surface area contributed by atoms with Crippen LogP contribution in [0.5, 0.6) is 0 Å². The Morgan fingerprint density at radius 3 is 2.95 bits per heavy atom. The molecule has 1 saturated carbocycles. The van der Waals surface area contributed by atoms with Gasteiger partial charge in [-0.15, -0.1) is 0 Å². The van der Waals surface area contributed by atoms with Gasteiger partial charge in [0, 0.05) is 23.5 Å². The molecule has 0 saturated heterocycles. The average molecular weight is 282 g/mol. The Labute approximate surface area is 123 Å². The van der Waals surface area contributed by atoms with E-state index in [1.165, 1.54) is 0 Å². The van der Waals surface area contributed by atoms with E-state index in [0.717, 1.165) is 30.0 Å². The van der Waals surface area contributed by atoms with Crippen molar-refractivity contribution in [2.75, 3.05) is 5.32 Å². The molecule has 2 N–H and O–H groups in total. The van der Waals surface area contributed by atoms with Crippen molar-refractivity contribution in [3.63, 3.8) is 0 Å². The van der Waals surface area contributed by atoms with Crippen LogP contribution in [0.2, 0.25) is 0 Å². The van der Waals surface area contributed by atoms with Gasteiger partial charge in [0.05, 0.1) is 12.2 Å². The molecule has 1 heterocycles. The number of carbonyl (C=O) groups is 1. The van der Waals surface area contributed by atoms with Crippen molar-refractivity contribution in [1.82, 2.24) is 15.3 Å². The third kappa shape index (κ3) is 3.78. The number of nitrogens with one attached hydrogen (secondary N) is 2. The zero-order valence-electron chi connectivity index (χ0n) is 12.0. The van der Waals surface area contributed by atoms with Crippen molar-refractivity contribution >= 4 is 11.6 Å². The maximum Gasteiger partial charge on any atom is 0.251 e. The molecule has 0 radical (unpaired) electrons. The summed E-state index contributed by atoms with van der Waals surface area (Å²) < 4.78 is 0. The number of rotatable bonds is 5. The predicted molar refractivity (Wildman–Crippen MR) is 81.0 cm³/mol. The summed E-state index contributed by atoms with van der Waals surface area (Å²) in [7, 11) is 0. The van der Waals surface area contributed by atoms with Gasteiger partial charge in [-0.3, -0.25) is 4.79 Å². The summed E-state index contributed by atoms with van der Waals surface area (Å²) in [5.74, 6) is 0.755. The predicted octanol–water partition coefficient (Wildman–Crippen LogP) is 2.29. The van der Waals surface area contributed by atoms with E-state index >= 15 is 0 Å². The van der Waals surface area contributed by atoms with Crippen molar-refractivity contribution in [1.29, 1.82) is 0 Å². The summed E-state index contributed by atoms with van der Waals surface area (Å²) >= 11 is 0. The van der Waals surface area contributed by atoms with Gasteiger partial charge >= 0.3 is 0 Å². The van der Waals surface area contributed by atoms with Crippen LogP contribution < -0.4 is 10.6 Å². The minimum absolute atomic E-state index is 0.000898. The quantitative estimate of drug-likeness (QED) is 0.883. The normalized spacial score (nSPS) is 13.8. The Kier molecular flexibility index (Phi) is 3.81. The summed E-state index contributed by atoms with van der Waals surface area (Å²) in [4.78, 5) is 20.4. The van der Waals surface area contributed by atoms with Gasteiger partial charge in [-0.1, -0.05) is 6.07 Å². The van der Waals surface area contributed by atoms with Crippen LogP contribution in [0.15, 0.2) is 36.5 Å². The van der Waals surface area contributed by atoms with E-state index < -0.39 is 0 Å². The van der Waals surface area contributed by atoms with Gasteiger partial charge in [-0.25, -0.2) is 9.97 Å². The van der Waals surface area contributed by atoms with Crippen molar-refractivity contribution in [3.8, 4) is 0 Å². The van der Waals surface area contributed by atoms with Gasteiger partial charge in [0.1, 0.15) is 5.82 Å². The third-order valence-corrected chi connectivity index (χ3v) is 3.34. The summed E-state index contributed by atoms with van der Waals surface area (Å²) in [5, 5.41) is 6.27. The van der Waals surface area contributed by atoms with Crippen LogP contribution in [0.4, 0.5) is 5.69 Å². The highest BCUT2D eigenvalue weighted by Gasteiger charge is 2.23. The third-order valence-electron chi connectivity index (χ3n) is 3.34. The summed E-state index contributed by atoms with van der Waals surface area (Å²) in [5.41, 5.74) is 2.52. The maximum atomic E-state index is 12.0. The SMILES string of the molecule is Cc1nccc(CNc2cccc(C(=O)NC3CC3)c2)n1. The molecule has 2 aromatic rings. The second kappa shape index (κ2) is 5.91. The number of hydrogen-bond donors (Lipinski definition) is 2. The Balaban J connectivity index is 1.63. The molecule has 1 aliphatic rings. The lowest BCUT2D eigenvalue weighted by Gasteiger charge is -2.08. The summed E-state index contributed by atoms with van der Waals surface area (Å²) in [6.45, 7) is 2.48. The Bertz CT molecular complexity index is 652. The second-order valence-corrected chi connectivity index (χ2v) is 5.28. The molecule has 21 heavy (non-hydrogen) atoms. The molecule has 1 fully saturated rings.